The largest absolute Gasteiger partial charge is 0.481 e. The van der Waals surface area contributed by atoms with Crippen molar-refractivity contribution in [3.8, 4) is 0 Å². The molecular weight excluding hydrogens is 260 g/mol. The fourth-order valence-electron chi connectivity index (χ4n) is 2.90. The van der Waals surface area contributed by atoms with Crippen LogP contribution in [0.3, 0.4) is 0 Å². The summed E-state index contributed by atoms with van der Waals surface area (Å²) in [4.78, 5) is 22.7. The summed E-state index contributed by atoms with van der Waals surface area (Å²) in [5.41, 5.74) is 0. The molecule has 6 heteroatoms. The van der Waals surface area contributed by atoms with Gasteiger partial charge in [-0.15, -0.1) is 0 Å². The summed E-state index contributed by atoms with van der Waals surface area (Å²) < 4.78 is 5.25. The third-order valence-electron chi connectivity index (χ3n) is 4.21. The zero-order valence-corrected chi connectivity index (χ0v) is 11.8. The highest BCUT2D eigenvalue weighted by Gasteiger charge is 2.26. The van der Waals surface area contributed by atoms with Crippen LogP contribution < -0.4 is 10.6 Å². The number of rotatable bonds is 5. The first kappa shape index (κ1) is 15.3. The molecule has 114 valence electrons. The highest BCUT2D eigenvalue weighted by molar-refractivity contribution is 5.78. The van der Waals surface area contributed by atoms with E-state index in [0.29, 0.717) is 19.4 Å². The molecule has 0 aromatic rings. The van der Waals surface area contributed by atoms with Crippen molar-refractivity contribution in [1.29, 1.82) is 0 Å². The monoisotopic (exact) mass is 284 g/mol. The van der Waals surface area contributed by atoms with Gasteiger partial charge in [-0.05, 0) is 38.5 Å². The van der Waals surface area contributed by atoms with E-state index in [-0.39, 0.29) is 23.9 Å². The van der Waals surface area contributed by atoms with Crippen LogP contribution in [-0.2, 0) is 14.3 Å². The third-order valence-corrected chi connectivity index (χ3v) is 4.21. The highest BCUT2D eigenvalue weighted by atomic mass is 16.5. The molecule has 2 aliphatic rings. The molecule has 2 fully saturated rings. The standard InChI is InChI=1S/C14H24N2O4/c17-13(16-12-5-7-20-8-6-12)9-15-11-3-1-10(2-4-11)14(18)19/h10-12,15H,1-9H2,(H,16,17)(H,18,19). The Morgan fingerprint density at radius 2 is 1.65 bits per heavy atom. The number of ether oxygens (including phenoxy) is 1. The Morgan fingerprint density at radius 3 is 2.25 bits per heavy atom. The number of carbonyl (C=O) groups is 2. The average Bonchev–Trinajstić information content (AvgIpc) is 2.46. The number of carboxylic acid groups (broad SMARTS) is 1. The molecule has 3 N–H and O–H groups in total. The number of amides is 1. The molecule has 1 aliphatic carbocycles. The summed E-state index contributed by atoms with van der Waals surface area (Å²) in [5, 5.41) is 15.2. The van der Waals surface area contributed by atoms with Gasteiger partial charge in [0.25, 0.3) is 0 Å². The molecule has 0 unspecified atom stereocenters. The van der Waals surface area contributed by atoms with Crippen LogP contribution in [0.15, 0.2) is 0 Å². The van der Waals surface area contributed by atoms with Crippen LogP contribution in [0.1, 0.15) is 38.5 Å². The van der Waals surface area contributed by atoms with E-state index in [0.717, 1.165) is 38.9 Å². The van der Waals surface area contributed by atoms with E-state index in [2.05, 4.69) is 10.6 Å². The molecule has 1 saturated heterocycles. The highest BCUT2D eigenvalue weighted by Crippen LogP contribution is 2.24. The minimum atomic E-state index is -0.694. The minimum Gasteiger partial charge on any atom is -0.481 e. The van der Waals surface area contributed by atoms with Gasteiger partial charge in [0.15, 0.2) is 0 Å². The van der Waals surface area contributed by atoms with Crippen LogP contribution in [0.2, 0.25) is 0 Å². The van der Waals surface area contributed by atoms with E-state index in [1.54, 1.807) is 0 Å². The predicted molar refractivity (Wildman–Crippen MR) is 73.4 cm³/mol. The maximum absolute atomic E-state index is 11.8. The summed E-state index contributed by atoms with van der Waals surface area (Å²) in [6.07, 6.45) is 4.84. The van der Waals surface area contributed by atoms with Crippen molar-refractivity contribution >= 4 is 11.9 Å². The molecular formula is C14H24N2O4. The van der Waals surface area contributed by atoms with E-state index < -0.39 is 5.97 Å². The summed E-state index contributed by atoms with van der Waals surface area (Å²) >= 11 is 0. The minimum absolute atomic E-state index is 0.0252. The second-order valence-electron chi connectivity index (χ2n) is 5.72. The molecule has 1 saturated carbocycles. The Bertz CT molecular complexity index is 334. The number of carbonyl (C=O) groups excluding carboxylic acids is 1. The van der Waals surface area contributed by atoms with E-state index in [9.17, 15) is 9.59 Å². The molecule has 0 bridgehead atoms. The van der Waals surface area contributed by atoms with Crippen molar-refractivity contribution in [2.24, 2.45) is 5.92 Å². The lowest BCUT2D eigenvalue weighted by atomic mass is 9.86. The summed E-state index contributed by atoms with van der Waals surface area (Å²) in [7, 11) is 0. The van der Waals surface area contributed by atoms with Crippen LogP contribution in [-0.4, -0.2) is 48.8 Å². The lowest BCUT2D eigenvalue weighted by Crippen LogP contribution is -2.45. The molecule has 0 aromatic heterocycles. The first-order valence-electron chi connectivity index (χ1n) is 7.48. The van der Waals surface area contributed by atoms with Crippen LogP contribution >= 0.6 is 0 Å². The second-order valence-corrected chi connectivity index (χ2v) is 5.72. The van der Waals surface area contributed by atoms with Crippen LogP contribution in [0.25, 0.3) is 0 Å². The van der Waals surface area contributed by atoms with Crippen molar-refractivity contribution in [2.75, 3.05) is 19.8 Å². The molecule has 6 nitrogen and oxygen atoms in total. The van der Waals surface area contributed by atoms with Gasteiger partial charge in [0.05, 0.1) is 12.5 Å². The summed E-state index contributed by atoms with van der Waals surface area (Å²) in [5.74, 6) is -0.873. The van der Waals surface area contributed by atoms with Gasteiger partial charge in [-0.3, -0.25) is 9.59 Å². The third kappa shape index (κ3) is 4.76. The zero-order chi connectivity index (χ0) is 14.4. The second kappa shape index (κ2) is 7.59. The predicted octanol–water partition coefficient (Wildman–Crippen LogP) is 0.515. The molecule has 0 spiro atoms. The molecule has 2 rings (SSSR count). The Morgan fingerprint density at radius 1 is 1.00 bits per heavy atom. The number of aliphatic carboxylic acids is 1. The number of nitrogens with one attached hydrogen (secondary N) is 2. The SMILES string of the molecule is O=C(CNC1CCC(C(=O)O)CC1)NC1CCOCC1. The number of hydrogen-bond acceptors (Lipinski definition) is 4. The van der Waals surface area contributed by atoms with Gasteiger partial charge in [0, 0.05) is 25.3 Å². The molecule has 0 atom stereocenters. The smallest absolute Gasteiger partial charge is 0.306 e. The van der Waals surface area contributed by atoms with Crippen LogP contribution in [0.5, 0.6) is 0 Å². The van der Waals surface area contributed by atoms with Crippen LogP contribution in [0.4, 0.5) is 0 Å². The maximum Gasteiger partial charge on any atom is 0.306 e. The fraction of sp³-hybridized carbons (Fsp3) is 0.857. The Hall–Kier alpha value is -1.14. The number of hydrogen-bond donors (Lipinski definition) is 3. The van der Waals surface area contributed by atoms with Gasteiger partial charge >= 0.3 is 5.97 Å². The van der Waals surface area contributed by atoms with Gasteiger partial charge in [-0.25, -0.2) is 0 Å². The lowest BCUT2D eigenvalue weighted by molar-refractivity contribution is -0.143. The summed E-state index contributed by atoms with van der Waals surface area (Å²) in [6.45, 7) is 1.76. The molecule has 0 aromatic carbocycles. The quantitative estimate of drug-likeness (QED) is 0.685. The summed E-state index contributed by atoms with van der Waals surface area (Å²) in [6, 6.07) is 0.506. The van der Waals surface area contributed by atoms with Gasteiger partial charge in [0.1, 0.15) is 0 Å². The van der Waals surface area contributed by atoms with Crippen molar-refractivity contribution in [3.05, 3.63) is 0 Å². The van der Waals surface area contributed by atoms with Crippen molar-refractivity contribution in [1.82, 2.24) is 10.6 Å². The van der Waals surface area contributed by atoms with E-state index in [1.165, 1.54) is 0 Å². The van der Waals surface area contributed by atoms with Gasteiger partial charge in [-0.2, -0.15) is 0 Å². The van der Waals surface area contributed by atoms with E-state index >= 15 is 0 Å². The molecule has 20 heavy (non-hydrogen) atoms. The van der Waals surface area contributed by atoms with Gasteiger partial charge in [0.2, 0.25) is 5.91 Å². The normalized spacial score (nSPS) is 28.0. The molecule has 1 heterocycles. The topological polar surface area (TPSA) is 87.7 Å². The van der Waals surface area contributed by atoms with Crippen LogP contribution in [0, 0.1) is 5.92 Å². The van der Waals surface area contributed by atoms with Gasteiger partial charge in [-0.1, -0.05) is 0 Å². The average molecular weight is 284 g/mol. The van der Waals surface area contributed by atoms with Crippen molar-refractivity contribution < 1.29 is 19.4 Å². The number of carboxylic acids is 1. The Labute approximate surface area is 119 Å². The fourth-order valence-corrected chi connectivity index (χ4v) is 2.90. The first-order valence-corrected chi connectivity index (χ1v) is 7.48. The first-order chi connectivity index (χ1) is 9.65. The van der Waals surface area contributed by atoms with E-state index in [1.807, 2.05) is 0 Å². The Kier molecular flexibility index (Phi) is 5.79. The molecule has 1 amide bonds. The zero-order valence-electron chi connectivity index (χ0n) is 11.8. The molecule has 1 aliphatic heterocycles. The lowest BCUT2D eigenvalue weighted by Gasteiger charge is -2.27. The van der Waals surface area contributed by atoms with Crippen molar-refractivity contribution in [2.45, 2.75) is 50.6 Å². The van der Waals surface area contributed by atoms with Crippen molar-refractivity contribution in [3.63, 3.8) is 0 Å². The molecule has 0 radical (unpaired) electrons. The Balaban J connectivity index is 1.60. The van der Waals surface area contributed by atoms with Gasteiger partial charge < -0.3 is 20.5 Å². The maximum atomic E-state index is 11.8. The van der Waals surface area contributed by atoms with E-state index in [4.69, 9.17) is 9.84 Å².